The molecule has 106 valence electrons. The van der Waals surface area contributed by atoms with Crippen LogP contribution < -0.4 is 9.47 Å². The van der Waals surface area contributed by atoms with Crippen molar-refractivity contribution >= 4 is 50.7 Å². The van der Waals surface area contributed by atoms with Crippen LogP contribution in [0.3, 0.4) is 0 Å². The highest BCUT2D eigenvalue weighted by atomic mass is 79.9. The van der Waals surface area contributed by atoms with Crippen LogP contribution in [-0.2, 0) is 0 Å². The van der Waals surface area contributed by atoms with Gasteiger partial charge in [-0.3, -0.25) is 0 Å². The van der Waals surface area contributed by atoms with Crippen LogP contribution in [0, 0.1) is 0 Å². The second-order valence-electron chi connectivity index (χ2n) is 3.85. The largest absolute Gasteiger partial charge is 0.490 e. The molecule has 2 aromatic rings. The summed E-state index contributed by atoms with van der Waals surface area (Å²) in [6.07, 6.45) is 0. The number of ether oxygens (including phenoxy) is 2. The van der Waals surface area contributed by atoms with Gasteiger partial charge in [-0.2, -0.15) is 0 Å². The third kappa shape index (κ3) is 4.45. The first-order chi connectivity index (χ1) is 9.56. The van der Waals surface area contributed by atoms with Crippen molar-refractivity contribution in [2.75, 3.05) is 13.2 Å². The maximum atomic E-state index is 6.01. The SMILES string of the molecule is Clc1cc(Cl)c(OCCOc2cccc(Br)c2)c(Cl)c1. The van der Waals surface area contributed by atoms with Crippen molar-refractivity contribution in [2.24, 2.45) is 0 Å². The van der Waals surface area contributed by atoms with E-state index in [1.807, 2.05) is 24.3 Å². The smallest absolute Gasteiger partial charge is 0.156 e. The molecule has 0 saturated heterocycles. The molecule has 0 fully saturated rings. The van der Waals surface area contributed by atoms with Crippen LogP contribution in [0.5, 0.6) is 11.5 Å². The van der Waals surface area contributed by atoms with Crippen LogP contribution in [0.15, 0.2) is 40.9 Å². The molecule has 0 aliphatic carbocycles. The summed E-state index contributed by atoms with van der Waals surface area (Å²) in [6.45, 7) is 0.708. The number of benzene rings is 2. The van der Waals surface area contributed by atoms with Gasteiger partial charge in [-0.1, -0.05) is 56.8 Å². The molecule has 0 unspecified atom stereocenters. The van der Waals surface area contributed by atoms with Gasteiger partial charge < -0.3 is 9.47 Å². The first-order valence-corrected chi connectivity index (χ1v) is 7.64. The molecule has 2 rings (SSSR count). The molecule has 0 N–H and O–H groups in total. The van der Waals surface area contributed by atoms with Gasteiger partial charge in [-0.25, -0.2) is 0 Å². The number of rotatable bonds is 5. The fraction of sp³-hybridized carbons (Fsp3) is 0.143. The van der Waals surface area contributed by atoms with E-state index in [0.717, 1.165) is 10.2 Å². The maximum absolute atomic E-state index is 6.01. The van der Waals surface area contributed by atoms with E-state index in [1.54, 1.807) is 12.1 Å². The Hall–Kier alpha value is -0.610. The quantitative estimate of drug-likeness (QED) is 0.589. The van der Waals surface area contributed by atoms with Crippen molar-refractivity contribution in [3.8, 4) is 11.5 Å². The van der Waals surface area contributed by atoms with Crippen molar-refractivity contribution in [1.82, 2.24) is 0 Å². The number of hydrogen-bond acceptors (Lipinski definition) is 2. The monoisotopic (exact) mass is 394 g/mol. The summed E-state index contributed by atoms with van der Waals surface area (Å²) in [7, 11) is 0. The molecule has 0 aromatic heterocycles. The van der Waals surface area contributed by atoms with E-state index in [-0.39, 0.29) is 0 Å². The van der Waals surface area contributed by atoms with Gasteiger partial charge in [0.2, 0.25) is 0 Å². The predicted octanol–water partition coefficient (Wildman–Crippen LogP) is 5.87. The summed E-state index contributed by atoms with van der Waals surface area (Å²) < 4.78 is 12.0. The Morgan fingerprint density at radius 3 is 2.20 bits per heavy atom. The lowest BCUT2D eigenvalue weighted by molar-refractivity contribution is 0.217. The molecule has 0 amide bonds. The van der Waals surface area contributed by atoms with Crippen LogP contribution in [0.4, 0.5) is 0 Å². The lowest BCUT2D eigenvalue weighted by Crippen LogP contribution is -2.09. The van der Waals surface area contributed by atoms with Crippen LogP contribution in [0.2, 0.25) is 15.1 Å². The minimum absolute atomic E-state index is 0.327. The average molecular weight is 396 g/mol. The Morgan fingerprint density at radius 1 is 0.900 bits per heavy atom. The Kier molecular flexibility index (Phi) is 5.85. The van der Waals surface area contributed by atoms with Crippen LogP contribution in [-0.4, -0.2) is 13.2 Å². The minimum atomic E-state index is 0.327. The number of hydrogen-bond donors (Lipinski definition) is 0. The molecule has 0 aliphatic heterocycles. The Balaban J connectivity index is 1.88. The molecule has 0 radical (unpaired) electrons. The highest BCUT2D eigenvalue weighted by molar-refractivity contribution is 9.10. The van der Waals surface area contributed by atoms with Crippen molar-refractivity contribution in [3.63, 3.8) is 0 Å². The average Bonchev–Trinajstić information content (AvgIpc) is 2.36. The zero-order valence-corrected chi connectivity index (χ0v) is 14.1. The van der Waals surface area contributed by atoms with Gasteiger partial charge in [-0.05, 0) is 30.3 Å². The summed E-state index contributed by atoms with van der Waals surface area (Å²) in [5, 5.41) is 1.23. The van der Waals surface area contributed by atoms with Gasteiger partial charge in [-0.15, -0.1) is 0 Å². The van der Waals surface area contributed by atoms with E-state index in [1.165, 1.54) is 0 Å². The summed E-state index contributed by atoms with van der Waals surface area (Å²) in [6, 6.07) is 10.7. The number of halogens is 4. The summed E-state index contributed by atoms with van der Waals surface area (Å²) in [4.78, 5) is 0. The normalized spacial score (nSPS) is 10.4. The summed E-state index contributed by atoms with van der Waals surface area (Å²) >= 11 is 21.2. The first kappa shape index (κ1) is 15.8. The molecule has 0 atom stereocenters. The fourth-order valence-electron chi connectivity index (χ4n) is 1.53. The highest BCUT2D eigenvalue weighted by Gasteiger charge is 2.09. The Labute approximate surface area is 140 Å². The molecule has 6 heteroatoms. The van der Waals surface area contributed by atoms with Gasteiger partial charge in [0.25, 0.3) is 0 Å². The third-order valence-electron chi connectivity index (χ3n) is 2.36. The molecule has 0 heterocycles. The molecular weight excluding hydrogens is 386 g/mol. The molecule has 2 aromatic carbocycles. The van der Waals surface area contributed by atoms with E-state index in [2.05, 4.69) is 15.9 Å². The van der Waals surface area contributed by atoms with Crippen LogP contribution in [0.1, 0.15) is 0 Å². The molecule has 0 aliphatic rings. The molecule has 20 heavy (non-hydrogen) atoms. The van der Waals surface area contributed by atoms with E-state index in [0.29, 0.717) is 34.0 Å². The summed E-state index contributed by atoms with van der Waals surface area (Å²) in [5.74, 6) is 1.17. The zero-order chi connectivity index (χ0) is 14.5. The second-order valence-corrected chi connectivity index (χ2v) is 6.02. The van der Waals surface area contributed by atoms with E-state index in [9.17, 15) is 0 Å². The lowest BCUT2D eigenvalue weighted by Gasteiger charge is -2.11. The molecule has 0 spiro atoms. The van der Waals surface area contributed by atoms with Gasteiger partial charge in [0.1, 0.15) is 19.0 Å². The predicted molar refractivity (Wildman–Crippen MR) is 86.6 cm³/mol. The second kappa shape index (κ2) is 7.41. The summed E-state index contributed by atoms with van der Waals surface area (Å²) in [5.41, 5.74) is 0. The van der Waals surface area contributed by atoms with Crippen molar-refractivity contribution in [3.05, 3.63) is 55.9 Å². The molecule has 0 bridgehead atoms. The van der Waals surface area contributed by atoms with Gasteiger partial charge in [0, 0.05) is 9.50 Å². The Bertz CT molecular complexity index is 582. The van der Waals surface area contributed by atoms with E-state index < -0.39 is 0 Å². The standard InChI is InChI=1S/C14H10BrCl3O2/c15-9-2-1-3-11(6-9)19-4-5-20-14-12(17)7-10(16)8-13(14)18/h1-3,6-8H,4-5H2. The van der Waals surface area contributed by atoms with Crippen molar-refractivity contribution in [1.29, 1.82) is 0 Å². The van der Waals surface area contributed by atoms with Crippen molar-refractivity contribution < 1.29 is 9.47 Å². The Morgan fingerprint density at radius 2 is 1.55 bits per heavy atom. The fourth-order valence-corrected chi connectivity index (χ4v) is 2.83. The third-order valence-corrected chi connectivity index (χ3v) is 3.63. The van der Waals surface area contributed by atoms with E-state index >= 15 is 0 Å². The lowest BCUT2D eigenvalue weighted by atomic mass is 10.3. The highest BCUT2D eigenvalue weighted by Crippen LogP contribution is 2.35. The van der Waals surface area contributed by atoms with Gasteiger partial charge in [0.05, 0.1) is 10.0 Å². The van der Waals surface area contributed by atoms with Gasteiger partial charge in [0.15, 0.2) is 5.75 Å². The van der Waals surface area contributed by atoms with Crippen molar-refractivity contribution in [2.45, 2.75) is 0 Å². The van der Waals surface area contributed by atoms with Gasteiger partial charge >= 0.3 is 0 Å². The first-order valence-electron chi connectivity index (χ1n) is 5.72. The minimum Gasteiger partial charge on any atom is -0.490 e. The topological polar surface area (TPSA) is 18.5 Å². The molecule has 2 nitrogen and oxygen atoms in total. The van der Waals surface area contributed by atoms with Crippen LogP contribution in [0.25, 0.3) is 0 Å². The molecular formula is C14H10BrCl3O2. The van der Waals surface area contributed by atoms with E-state index in [4.69, 9.17) is 44.3 Å². The zero-order valence-electron chi connectivity index (χ0n) is 10.2. The van der Waals surface area contributed by atoms with Crippen LogP contribution >= 0.6 is 50.7 Å². The molecule has 0 saturated carbocycles. The maximum Gasteiger partial charge on any atom is 0.156 e.